The van der Waals surface area contributed by atoms with Crippen molar-refractivity contribution in [1.82, 2.24) is 9.97 Å². The minimum absolute atomic E-state index is 0.360. The van der Waals surface area contributed by atoms with Crippen LogP contribution in [0.5, 0.6) is 5.88 Å². The molecule has 5 nitrogen and oxygen atoms in total. The Hall–Kier alpha value is -2.14. The molecule has 118 valence electrons. The highest BCUT2D eigenvalue weighted by molar-refractivity contribution is 5.39. The molecule has 0 radical (unpaired) electrons. The van der Waals surface area contributed by atoms with Gasteiger partial charge in [0.2, 0.25) is 5.88 Å². The average Bonchev–Trinajstić information content (AvgIpc) is 2.52. The van der Waals surface area contributed by atoms with E-state index in [1.165, 1.54) is 5.56 Å². The molecule has 0 unspecified atom stereocenters. The van der Waals surface area contributed by atoms with Gasteiger partial charge in [0.15, 0.2) is 5.82 Å². The maximum Gasteiger partial charge on any atom is 0.218 e. The second-order valence-electron chi connectivity index (χ2n) is 5.48. The first-order chi connectivity index (χ1) is 10.7. The van der Waals surface area contributed by atoms with Crippen LogP contribution in [0.3, 0.4) is 0 Å². The van der Waals surface area contributed by atoms with Gasteiger partial charge >= 0.3 is 0 Å². The minimum atomic E-state index is 0.360. The summed E-state index contributed by atoms with van der Waals surface area (Å²) in [6, 6.07) is 12.0. The molecule has 1 N–H and O–H groups in total. The van der Waals surface area contributed by atoms with Crippen LogP contribution in [0.1, 0.15) is 25.2 Å². The van der Waals surface area contributed by atoms with E-state index < -0.39 is 0 Å². The highest BCUT2D eigenvalue weighted by atomic mass is 16.5. The molecule has 1 aromatic carbocycles. The summed E-state index contributed by atoms with van der Waals surface area (Å²) >= 11 is 0. The molecule has 0 atom stereocenters. The van der Waals surface area contributed by atoms with Crippen molar-refractivity contribution in [2.24, 2.45) is 5.92 Å². The molecule has 5 heteroatoms. The molecule has 0 saturated heterocycles. The van der Waals surface area contributed by atoms with E-state index in [9.17, 15) is 0 Å². The fourth-order valence-corrected chi connectivity index (χ4v) is 1.87. The standard InChI is InChI=1S/C17H23N3O2/c1-13(2)11-22-17-9-15(19-16(20-17)12-21-3)18-10-14-7-5-4-6-8-14/h4-9,13H,10-12H2,1-3H3,(H,18,19,20). The van der Waals surface area contributed by atoms with Crippen LogP contribution in [0.2, 0.25) is 0 Å². The third-order valence-electron chi connectivity index (χ3n) is 2.90. The normalized spacial score (nSPS) is 10.7. The van der Waals surface area contributed by atoms with Gasteiger partial charge in [-0.1, -0.05) is 44.2 Å². The zero-order chi connectivity index (χ0) is 15.8. The van der Waals surface area contributed by atoms with Gasteiger partial charge in [-0.25, -0.2) is 4.98 Å². The Balaban J connectivity index is 2.07. The molecule has 0 fully saturated rings. The molecule has 0 aliphatic carbocycles. The number of benzene rings is 1. The monoisotopic (exact) mass is 301 g/mol. The Morgan fingerprint density at radius 3 is 2.59 bits per heavy atom. The van der Waals surface area contributed by atoms with Gasteiger partial charge in [-0.2, -0.15) is 4.98 Å². The number of nitrogens with one attached hydrogen (secondary N) is 1. The molecule has 0 amide bonds. The summed E-state index contributed by atoms with van der Waals surface area (Å²) in [6.07, 6.45) is 0. The number of rotatable bonds is 8. The molecule has 22 heavy (non-hydrogen) atoms. The number of anilines is 1. The number of hydrogen-bond acceptors (Lipinski definition) is 5. The highest BCUT2D eigenvalue weighted by Crippen LogP contribution is 2.16. The second-order valence-corrected chi connectivity index (χ2v) is 5.48. The molecule has 2 rings (SSSR count). The lowest BCUT2D eigenvalue weighted by Crippen LogP contribution is -2.10. The predicted molar refractivity (Wildman–Crippen MR) is 86.8 cm³/mol. The van der Waals surface area contributed by atoms with Crippen LogP contribution in [0.25, 0.3) is 0 Å². The van der Waals surface area contributed by atoms with Gasteiger partial charge in [0.05, 0.1) is 6.61 Å². The molecular weight excluding hydrogens is 278 g/mol. The van der Waals surface area contributed by atoms with Crippen LogP contribution in [-0.4, -0.2) is 23.7 Å². The smallest absolute Gasteiger partial charge is 0.218 e. The van der Waals surface area contributed by atoms with Crippen LogP contribution >= 0.6 is 0 Å². The fraction of sp³-hybridized carbons (Fsp3) is 0.412. The van der Waals surface area contributed by atoms with Crippen molar-refractivity contribution in [3.05, 3.63) is 47.8 Å². The summed E-state index contributed by atoms with van der Waals surface area (Å²) in [5.74, 6) is 2.37. The van der Waals surface area contributed by atoms with E-state index in [1.807, 2.05) is 24.3 Å². The zero-order valence-corrected chi connectivity index (χ0v) is 13.4. The SMILES string of the molecule is COCc1nc(NCc2ccccc2)cc(OCC(C)C)n1. The molecule has 0 saturated carbocycles. The van der Waals surface area contributed by atoms with Crippen LogP contribution in [0, 0.1) is 5.92 Å². The summed E-state index contributed by atoms with van der Waals surface area (Å²) in [4.78, 5) is 8.79. The van der Waals surface area contributed by atoms with Crippen LogP contribution < -0.4 is 10.1 Å². The van der Waals surface area contributed by atoms with E-state index >= 15 is 0 Å². The number of nitrogens with zero attached hydrogens (tertiary/aromatic N) is 2. The molecule has 0 bridgehead atoms. The first kappa shape index (κ1) is 16.2. The molecular formula is C17H23N3O2. The minimum Gasteiger partial charge on any atom is -0.477 e. The third-order valence-corrected chi connectivity index (χ3v) is 2.90. The maximum absolute atomic E-state index is 5.70. The molecule has 1 aromatic heterocycles. The third kappa shape index (κ3) is 5.33. The average molecular weight is 301 g/mol. The van der Waals surface area contributed by atoms with E-state index in [2.05, 4.69) is 41.3 Å². The van der Waals surface area contributed by atoms with Gasteiger partial charge in [0.25, 0.3) is 0 Å². The van der Waals surface area contributed by atoms with Crippen molar-refractivity contribution in [3.8, 4) is 5.88 Å². The fourth-order valence-electron chi connectivity index (χ4n) is 1.87. The first-order valence-corrected chi connectivity index (χ1v) is 7.45. The number of hydrogen-bond donors (Lipinski definition) is 1. The summed E-state index contributed by atoms with van der Waals surface area (Å²) in [7, 11) is 1.63. The summed E-state index contributed by atoms with van der Waals surface area (Å²) < 4.78 is 10.8. The van der Waals surface area contributed by atoms with E-state index in [-0.39, 0.29) is 0 Å². The van der Waals surface area contributed by atoms with Crippen LogP contribution in [-0.2, 0) is 17.9 Å². The van der Waals surface area contributed by atoms with Crippen molar-refractivity contribution >= 4 is 5.82 Å². The van der Waals surface area contributed by atoms with Gasteiger partial charge in [0, 0.05) is 19.7 Å². The lowest BCUT2D eigenvalue weighted by molar-refractivity contribution is 0.175. The van der Waals surface area contributed by atoms with Crippen molar-refractivity contribution in [2.45, 2.75) is 27.0 Å². The van der Waals surface area contributed by atoms with Gasteiger partial charge in [-0.3, -0.25) is 0 Å². The molecule has 0 spiro atoms. The Morgan fingerprint density at radius 2 is 1.91 bits per heavy atom. The van der Waals surface area contributed by atoms with Crippen molar-refractivity contribution in [1.29, 1.82) is 0 Å². The predicted octanol–water partition coefficient (Wildman–Crippen LogP) is 3.27. The molecule has 0 aliphatic heterocycles. The van der Waals surface area contributed by atoms with Gasteiger partial charge in [-0.05, 0) is 11.5 Å². The van der Waals surface area contributed by atoms with Crippen molar-refractivity contribution in [3.63, 3.8) is 0 Å². The lowest BCUT2D eigenvalue weighted by atomic mass is 10.2. The quantitative estimate of drug-likeness (QED) is 0.811. The highest BCUT2D eigenvalue weighted by Gasteiger charge is 2.07. The van der Waals surface area contributed by atoms with Crippen molar-refractivity contribution < 1.29 is 9.47 Å². The Labute approximate surface area is 131 Å². The van der Waals surface area contributed by atoms with Gasteiger partial charge < -0.3 is 14.8 Å². The summed E-state index contributed by atoms with van der Waals surface area (Å²) in [5.41, 5.74) is 1.19. The first-order valence-electron chi connectivity index (χ1n) is 7.45. The second kappa shape index (κ2) is 8.34. The summed E-state index contributed by atoms with van der Waals surface area (Å²) in [5, 5.41) is 3.30. The van der Waals surface area contributed by atoms with E-state index in [0.29, 0.717) is 37.4 Å². The largest absolute Gasteiger partial charge is 0.477 e. The van der Waals surface area contributed by atoms with Crippen LogP contribution in [0.15, 0.2) is 36.4 Å². The van der Waals surface area contributed by atoms with E-state index in [0.717, 1.165) is 5.82 Å². The van der Waals surface area contributed by atoms with Gasteiger partial charge in [0.1, 0.15) is 12.4 Å². The molecule has 0 aliphatic rings. The van der Waals surface area contributed by atoms with Crippen LogP contribution in [0.4, 0.5) is 5.82 Å². The molecule has 2 aromatic rings. The molecule has 1 heterocycles. The number of aromatic nitrogens is 2. The van der Waals surface area contributed by atoms with Gasteiger partial charge in [-0.15, -0.1) is 0 Å². The maximum atomic E-state index is 5.70. The Morgan fingerprint density at radius 1 is 1.14 bits per heavy atom. The van der Waals surface area contributed by atoms with E-state index in [1.54, 1.807) is 7.11 Å². The van der Waals surface area contributed by atoms with E-state index in [4.69, 9.17) is 9.47 Å². The topological polar surface area (TPSA) is 56.3 Å². The Kier molecular flexibility index (Phi) is 6.15. The Bertz CT molecular complexity index is 573. The lowest BCUT2D eigenvalue weighted by Gasteiger charge is -2.12. The number of methoxy groups -OCH3 is 1. The number of ether oxygens (including phenoxy) is 2. The zero-order valence-electron chi connectivity index (χ0n) is 13.4. The summed E-state index contributed by atoms with van der Waals surface area (Å²) in [6.45, 7) is 5.89. The van der Waals surface area contributed by atoms with Crippen molar-refractivity contribution in [2.75, 3.05) is 19.0 Å².